The summed E-state index contributed by atoms with van der Waals surface area (Å²) in [6.07, 6.45) is 4.25. The second-order valence-electron chi connectivity index (χ2n) is 8.80. The van der Waals surface area contributed by atoms with E-state index in [0.29, 0.717) is 55.0 Å². The Morgan fingerprint density at radius 1 is 1.12 bits per heavy atom. The highest BCUT2D eigenvalue weighted by Gasteiger charge is 2.47. The molecule has 32 heavy (non-hydrogen) atoms. The Hall–Kier alpha value is -2.52. The van der Waals surface area contributed by atoms with Crippen molar-refractivity contribution in [3.63, 3.8) is 0 Å². The van der Waals surface area contributed by atoms with Gasteiger partial charge in [0.2, 0.25) is 5.95 Å². The van der Waals surface area contributed by atoms with Gasteiger partial charge in [-0.25, -0.2) is 4.98 Å². The van der Waals surface area contributed by atoms with Crippen molar-refractivity contribution in [1.82, 2.24) is 14.9 Å². The molecule has 1 aliphatic carbocycles. The molecule has 9 nitrogen and oxygen atoms in total. The Labute approximate surface area is 193 Å². The topological polar surface area (TPSA) is 103 Å². The van der Waals surface area contributed by atoms with E-state index in [2.05, 4.69) is 9.88 Å². The molecule has 0 bridgehead atoms. The lowest BCUT2D eigenvalue weighted by Gasteiger charge is -2.37. The molecular weight excluding hydrogens is 434 g/mol. The van der Waals surface area contributed by atoms with Crippen molar-refractivity contribution in [2.24, 2.45) is 5.41 Å². The molecule has 1 spiro atoms. The maximum absolute atomic E-state index is 12.9. The number of nitrogen functional groups attached to an aromatic ring is 1. The average molecular weight is 464 g/mol. The Kier molecular flexibility index (Phi) is 6.22. The van der Waals surface area contributed by atoms with Crippen LogP contribution in [-0.2, 0) is 9.53 Å². The standard InChI is InChI=1S/C22H29N5O4.ClH/c1-29-16-10-14-15(11-17(16)30-2)24-21(25-19(14)23)27-8-6-26(7-9-27)20(28)18-12-22(13-31-18)4-3-5-22;/h10-11,18H,3-9,12-13H2,1-2H3,(H2,23,24,25);1H/t18-;/m0./s1. The highest BCUT2D eigenvalue weighted by atomic mass is 35.5. The number of piperazine rings is 1. The molecule has 0 unspecified atom stereocenters. The largest absolute Gasteiger partial charge is 0.493 e. The summed E-state index contributed by atoms with van der Waals surface area (Å²) >= 11 is 0. The van der Waals surface area contributed by atoms with E-state index >= 15 is 0 Å². The molecule has 1 aromatic heterocycles. The van der Waals surface area contributed by atoms with E-state index in [1.165, 1.54) is 19.3 Å². The van der Waals surface area contributed by atoms with Crippen LogP contribution >= 0.6 is 12.4 Å². The van der Waals surface area contributed by atoms with Crippen molar-refractivity contribution < 1.29 is 19.0 Å². The first-order valence-electron chi connectivity index (χ1n) is 10.9. The zero-order chi connectivity index (χ0) is 21.6. The molecular formula is C22H30ClN5O4. The Bertz CT molecular complexity index is 1010. The zero-order valence-corrected chi connectivity index (χ0v) is 19.3. The smallest absolute Gasteiger partial charge is 0.251 e. The number of hydrogen-bond acceptors (Lipinski definition) is 8. The van der Waals surface area contributed by atoms with E-state index in [1.807, 2.05) is 11.0 Å². The molecule has 10 heteroatoms. The van der Waals surface area contributed by atoms with Gasteiger partial charge in [0.05, 0.1) is 26.3 Å². The van der Waals surface area contributed by atoms with Gasteiger partial charge >= 0.3 is 0 Å². The van der Waals surface area contributed by atoms with Gasteiger partial charge in [-0.1, -0.05) is 6.42 Å². The van der Waals surface area contributed by atoms with E-state index in [0.717, 1.165) is 18.4 Å². The molecule has 1 saturated carbocycles. The van der Waals surface area contributed by atoms with Crippen LogP contribution in [0.15, 0.2) is 12.1 Å². The molecule has 2 aliphatic heterocycles. The van der Waals surface area contributed by atoms with E-state index in [-0.39, 0.29) is 29.8 Å². The molecule has 1 aromatic carbocycles. The molecule has 1 amide bonds. The van der Waals surface area contributed by atoms with Crippen molar-refractivity contribution in [3.05, 3.63) is 12.1 Å². The SMILES string of the molecule is COc1cc2nc(N3CCN(C(=O)[C@@H]4CC5(CCC5)CO4)CC3)nc(N)c2cc1OC.Cl. The van der Waals surface area contributed by atoms with Gasteiger partial charge in [0.25, 0.3) is 5.91 Å². The summed E-state index contributed by atoms with van der Waals surface area (Å²) in [6, 6.07) is 3.60. The van der Waals surface area contributed by atoms with Gasteiger partial charge < -0.3 is 29.7 Å². The molecule has 2 aromatic rings. The molecule has 5 rings (SSSR count). The third-order valence-corrected chi connectivity index (χ3v) is 6.99. The molecule has 3 heterocycles. The van der Waals surface area contributed by atoms with Gasteiger partial charge in [0, 0.05) is 37.6 Å². The predicted octanol–water partition coefficient (Wildman–Crippen LogP) is 2.26. The fourth-order valence-electron chi connectivity index (χ4n) is 4.91. The van der Waals surface area contributed by atoms with Crippen LogP contribution in [0.3, 0.4) is 0 Å². The highest BCUT2D eigenvalue weighted by Crippen LogP contribution is 2.49. The summed E-state index contributed by atoms with van der Waals surface area (Å²) in [6.45, 7) is 3.30. The Morgan fingerprint density at radius 2 is 1.81 bits per heavy atom. The van der Waals surface area contributed by atoms with E-state index in [9.17, 15) is 4.79 Å². The minimum atomic E-state index is -0.276. The highest BCUT2D eigenvalue weighted by molar-refractivity contribution is 5.91. The van der Waals surface area contributed by atoms with Crippen molar-refractivity contribution in [3.8, 4) is 11.5 Å². The fourth-order valence-corrected chi connectivity index (χ4v) is 4.91. The van der Waals surface area contributed by atoms with E-state index < -0.39 is 0 Å². The van der Waals surface area contributed by atoms with Crippen LogP contribution in [0.4, 0.5) is 11.8 Å². The van der Waals surface area contributed by atoms with Crippen molar-refractivity contribution in [1.29, 1.82) is 0 Å². The second-order valence-corrected chi connectivity index (χ2v) is 8.80. The molecule has 3 aliphatic rings. The first kappa shape index (κ1) is 22.7. The van der Waals surface area contributed by atoms with Crippen LogP contribution in [0.5, 0.6) is 11.5 Å². The van der Waals surface area contributed by atoms with Crippen LogP contribution in [0.1, 0.15) is 25.7 Å². The summed E-state index contributed by atoms with van der Waals surface area (Å²) in [5.74, 6) is 2.26. The monoisotopic (exact) mass is 463 g/mol. The first-order chi connectivity index (χ1) is 15.0. The summed E-state index contributed by atoms with van der Waals surface area (Å²) in [5.41, 5.74) is 7.20. The second kappa shape index (κ2) is 8.78. The maximum atomic E-state index is 12.9. The van der Waals surface area contributed by atoms with Crippen LogP contribution in [0.2, 0.25) is 0 Å². The van der Waals surface area contributed by atoms with Gasteiger partial charge in [0.15, 0.2) is 11.5 Å². The maximum Gasteiger partial charge on any atom is 0.251 e. The van der Waals surface area contributed by atoms with Crippen LogP contribution < -0.4 is 20.1 Å². The van der Waals surface area contributed by atoms with Crippen molar-refractivity contribution >= 4 is 41.0 Å². The Morgan fingerprint density at radius 3 is 2.41 bits per heavy atom. The average Bonchev–Trinajstić information content (AvgIpc) is 3.24. The number of benzene rings is 1. The molecule has 174 valence electrons. The van der Waals surface area contributed by atoms with Crippen LogP contribution in [-0.4, -0.2) is 73.9 Å². The number of amides is 1. The fraction of sp³-hybridized carbons (Fsp3) is 0.591. The molecule has 0 radical (unpaired) electrons. The summed E-state index contributed by atoms with van der Waals surface area (Å²) < 4.78 is 16.6. The Balaban J connectivity index is 0.00000245. The number of hydrogen-bond donors (Lipinski definition) is 1. The zero-order valence-electron chi connectivity index (χ0n) is 18.5. The quantitative estimate of drug-likeness (QED) is 0.736. The van der Waals surface area contributed by atoms with Gasteiger partial charge in [0.1, 0.15) is 11.9 Å². The van der Waals surface area contributed by atoms with Gasteiger partial charge in [-0.2, -0.15) is 4.98 Å². The number of carbonyl (C=O) groups excluding carboxylic acids is 1. The number of anilines is 2. The minimum Gasteiger partial charge on any atom is -0.493 e. The van der Waals surface area contributed by atoms with E-state index in [4.69, 9.17) is 24.9 Å². The number of rotatable bonds is 4. The number of ether oxygens (including phenoxy) is 3. The number of nitrogens with zero attached hydrogens (tertiary/aromatic N) is 4. The predicted molar refractivity (Wildman–Crippen MR) is 124 cm³/mol. The van der Waals surface area contributed by atoms with Gasteiger partial charge in [-0.05, 0) is 30.7 Å². The lowest BCUT2D eigenvalue weighted by atomic mass is 9.67. The number of nitrogens with two attached hydrogens (primary N) is 1. The normalized spacial score (nSPS) is 21.9. The van der Waals surface area contributed by atoms with Crippen LogP contribution in [0.25, 0.3) is 10.9 Å². The number of methoxy groups -OCH3 is 2. The summed E-state index contributed by atoms with van der Waals surface area (Å²) in [7, 11) is 3.17. The molecule has 2 saturated heterocycles. The third kappa shape index (κ3) is 3.88. The van der Waals surface area contributed by atoms with Gasteiger partial charge in [-0.15, -0.1) is 12.4 Å². The van der Waals surface area contributed by atoms with E-state index in [1.54, 1.807) is 20.3 Å². The van der Waals surface area contributed by atoms with Crippen LogP contribution in [0, 0.1) is 5.41 Å². The van der Waals surface area contributed by atoms with Crippen molar-refractivity contribution in [2.75, 3.05) is 57.6 Å². The molecule has 1 atom stereocenters. The summed E-state index contributed by atoms with van der Waals surface area (Å²) in [4.78, 5) is 26.1. The first-order valence-corrected chi connectivity index (χ1v) is 10.9. The van der Waals surface area contributed by atoms with Gasteiger partial charge in [-0.3, -0.25) is 4.79 Å². The third-order valence-electron chi connectivity index (χ3n) is 6.99. The van der Waals surface area contributed by atoms with Crippen molar-refractivity contribution in [2.45, 2.75) is 31.8 Å². The lowest BCUT2D eigenvalue weighted by Crippen LogP contribution is -2.52. The minimum absolute atomic E-state index is 0. The summed E-state index contributed by atoms with van der Waals surface area (Å²) in [5, 5.41) is 0.721. The number of fused-ring (bicyclic) bond motifs is 1. The molecule has 2 N–H and O–H groups in total. The number of carbonyl (C=O) groups is 1. The lowest BCUT2D eigenvalue weighted by molar-refractivity contribution is -0.141. The molecule has 3 fully saturated rings. The number of aromatic nitrogens is 2. The number of halogens is 1.